The van der Waals surface area contributed by atoms with Crippen LogP contribution in [0.25, 0.3) is 6.08 Å². The lowest BCUT2D eigenvalue weighted by molar-refractivity contribution is -0.763. The van der Waals surface area contributed by atoms with E-state index in [4.69, 9.17) is 14.5 Å². The number of ether oxygens (including phenoxy) is 2. The number of aromatic nitrogens is 2. The molecule has 15 heteroatoms. The summed E-state index contributed by atoms with van der Waals surface area (Å²) < 4.78 is 13.2. The molecule has 0 bridgehead atoms. The molecule has 2 heterocycles. The van der Waals surface area contributed by atoms with Crippen LogP contribution < -0.4 is 9.47 Å². The van der Waals surface area contributed by atoms with Crippen LogP contribution in [-0.4, -0.2) is 31.7 Å². The summed E-state index contributed by atoms with van der Waals surface area (Å²) in [7, 11) is 0. The van der Waals surface area contributed by atoms with Gasteiger partial charge in [0.2, 0.25) is 0 Å². The molecule has 0 saturated carbocycles. The van der Waals surface area contributed by atoms with Crippen molar-refractivity contribution in [1.82, 2.24) is 9.55 Å². The first-order valence-electron chi connectivity index (χ1n) is 16.2. The fraction of sp³-hybridized carbons (Fsp3) is 0.216. The number of nitrogens with zero attached hydrogens (tertiary/aromatic N) is 4. The van der Waals surface area contributed by atoms with Crippen LogP contribution in [0.2, 0.25) is 0 Å². The molecule has 0 amide bonds. The first kappa shape index (κ1) is 36.9. The zero-order valence-electron chi connectivity index (χ0n) is 28.0. The number of carbonyl (C=O) groups is 2. The van der Waals surface area contributed by atoms with Crippen LogP contribution in [0.1, 0.15) is 63.2 Å². The third kappa shape index (κ3) is 10.8. The van der Waals surface area contributed by atoms with Gasteiger partial charge in [-0.05, 0) is 77.0 Å². The molecule has 5 aromatic rings. The van der Waals surface area contributed by atoms with Crippen LogP contribution in [0.4, 0.5) is 0 Å². The minimum absolute atomic E-state index is 0.209. The van der Waals surface area contributed by atoms with E-state index in [0.29, 0.717) is 40.9 Å². The molecule has 0 aliphatic carbocycles. The van der Waals surface area contributed by atoms with Crippen molar-refractivity contribution in [2.45, 2.75) is 52.4 Å². The van der Waals surface area contributed by atoms with Gasteiger partial charge in [0.15, 0.2) is 0 Å². The third-order valence-corrected chi connectivity index (χ3v) is 8.60. The van der Waals surface area contributed by atoms with Crippen molar-refractivity contribution >= 4 is 29.4 Å². The van der Waals surface area contributed by atoms with E-state index >= 15 is 0 Å². The Hall–Kier alpha value is -6.35. The second-order valence-electron chi connectivity index (χ2n) is 11.5. The summed E-state index contributed by atoms with van der Waals surface area (Å²) in [5.74, 6) is 0.299. The van der Waals surface area contributed by atoms with Crippen LogP contribution in [0.15, 0.2) is 102 Å². The van der Waals surface area contributed by atoms with Gasteiger partial charge in [-0.3, -0.25) is 0 Å². The van der Waals surface area contributed by atoms with E-state index in [1.54, 1.807) is 60.8 Å². The normalized spacial score (nSPS) is 11.1. The molecule has 52 heavy (non-hydrogen) atoms. The molecule has 0 N–H and O–H groups in total. The highest BCUT2D eigenvalue weighted by Gasteiger charge is 2.18. The summed E-state index contributed by atoms with van der Waals surface area (Å²) in [6.07, 6.45) is 6.45. The van der Waals surface area contributed by atoms with Crippen LogP contribution in [0, 0.1) is 20.2 Å². The maximum atomic E-state index is 13.6. The molecule has 0 aliphatic rings. The number of carbonyl (C=O) groups excluding carboxylic acids is 2. The number of unbranched alkanes of at least 4 members (excludes halogenated alkanes) is 1. The predicted octanol–water partition coefficient (Wildman–Crippen LogP) is 7.20. The smallest absolute Gasteiger partial charge is 0.343 e. The van der Waals surface area contributed by atoms with Gasteiger partial charge in [-0.2, -0.15) is 0 Å². The van der Waals surface area contributed by atoms with Gasteiger partial charge in [-0.1, -0.05) is 55.8 Å². The van der Waals surface area contributed by atoms with Crippen molar-refractivity contribution in [1.29, 1.82) is 0 Å². The quantitative estimate of drug-likeness (QED) is 0.0293. The molecule has 0 saturated heterocycles. The number of imidazole rings is 1. The van der Waals surface area contributed by atoms with E-state index < -0.39 is 22.1 Å². The molecule has 0 aliphatic heterocycles. The van der Waals surface area contributed by atoms with E-state index in [2.05, 4.69) is 16.6 Å². The molecule has 2 aromatic heterocycles. The first-order valence-corrected chi connectivity index (χ1v) is 17.1. The largest absolute Gasteiger partial charge is 0.423 e. The maximum Gasteiger partial charge on any atom is 0.343 e. The number of aryl methyl sites for hydroxylation is 1. The van der Waals surface area contributed by atoms with Gasteiger partial charge in [0.25, 0.3) is 10.2 Å². The Morgan fingerprint density at radius 2 is 1.42 bits per heavy atom. The second-order valence-corrected chi connectivity index (χ2v) is 12.5. The van der Waals surface area contributed by atoms with Crippen LogP contribution in [-0.2, 0) is 47.1 Å². The monoisotopic (exact) mass is 726 g/mol. The van der Waals surface area contributed by atoms with Crippen molar-refractivity contribution in [3.63, 3.8) is 0 Å². The number of hydrogen-bond acceptors (Lipinski definition) is 12. The summed E-state index contributed by atoms with van der Waals surface area (Å²) >= 11 is 1.52. The van der Waals surface area contributed by atoms with Gasteiger partial charge >= 0.3 is 11.9 Å². The van der Waals surface area contributed by atoms with Crippen LogP contribution in [0.5, 0.6) is 11.5 Å². The van der Waals surface area contributed by atoms with E-state index in [9.17, 15) is 29.8 Å². The van der Waals surface area contributed by atoms with Crippen molar-refractivity contribution in [2.75, 3.05) is 0 Å². The third-order valence-electron chi connectivity index (χ3n) is 7.72. The van der Waals surface area contributed by atoms with Crippen molar-refractivity contribution < 1.29 is 38.9 Å². The lowest BCUT2D eigenvalue weighted by Gasteiger charge is -2.13. The number of hydrogen-bond donors (Lipinski definition) is 0. The molecule has 3 aromatic carbocycles. The molecular formula is C37H34N4O10S. The van der Waals surface area contributed by atoms with Gasteiger partial charge in [0.05, 0.1) is 17.5 Å². The Balaban J connectivity index is 1.33. The van der Waals surface area contributed by atoms with Gasteiger partial charge in [-0.25, -0.2) is 14.6 Å². The van der Waals surface area contributed by atoms with Crippen molar-refractivity contribution in [3.05, 3.63) is 161 Å². The van der Waals surface area contributed by atoms with Crippen molar-refractivity contribution in [2.24, 2.45) is 0 Å². The van der Waals surface area contributed by atoms with Crippen LogP contribution in [0.3, 0.4) is 0 Å². The molecule has 0 atom stereocenters. The Kier molecular flexibility index (Phi) is 12.8. The topological polar surface area (TPSA) is 175 Å². The van der Waals surface area contributed by atoms with Crippen molar-refractivity contribution in [3.8, 4) is 11.5 Å². The maximum absolute atomic E-state index is 13.6. The standard InChI is InChI=1S/C37H34N4O10S/c1-2-3-6-35-38-22-31(20-30(21-34-5-4-19-52-34)37(43)51-33-17-11-28(12-18-33)25-49-41(46)47)39(35)23-26-7-13-29(14-8-26)36(42)50-32-15-9-27(10-16-32)24-48-40(44)45/h4-5,7-20,22H,2-3,6,21,23-25H2,1H3. The fourth-order valence-electron chi connectivity index (χ4n) is 5.05. The van der Waals surface area contributed by atoms with E-state index in [1.807, 2.05) is 34.2 Å². The Morgan fingerprint density at radius 3 is 1.98 bits per heavy atom. The number of thiophene rings is 1. The molecule has 5 rings (SSSR count). The minimum Gasteiger partial charge on any atom is -0.423 e. The number of esters is 2. The molecule has 0 radical (unpaired) electrons. The second kappa shape index (κ2) is 18.1. The van der Waals surface area contributed by atoms with E-state index in [1.165, 1.54) is 23.5 Å². The average molecular weight is 727 g/mol. The van der Waals surface area contributed by atoms with E-state index in [0.717, 1.165) is 35.5 Å². The Morgan fingerprint density at radius 1 is 0.827 bits per heavy atom. The molecule has 0 spiro atoms. The summed E-state index contributed by atoms with van der Waals surface area (Å²) in [5, 5.41) is 21.1. The highest BCUT2D eigenvalue weighted by molar-refractivity contribution is 7.09. The summed E-state index contributed by atoms with van der Waals surface area (Å²) in [4.78, 5) is 61.8. The van der Waals surface area contributed by atoms with Gasteiger partial charge in [0.1, 0.15) is 30.5 Å². The molecule has 268 valence electrons. The highest BCUT2D eigenvalue weighted by atomic mass is 32.1. The number of benzene rings is 3. The Labute approximate surface area is 302 Å². The first-order chi connectivity index (χ1) is 25.2. The van der Waals surface area contributed by atoms with Crippen LogP contribution >= 0.6 is 11.3 Å². The molecule has 0 unspecified atom stereocenters. The zero-order valence-corrected chi connectivity index (χ0v) is 28.9. The van der Waals surface area contributed by atoms with Gasteiger partial charge < -0.3 is 23.7 Å². The van der Waals surface area contributed by atoms with Gasteiger partial charge in [0, 0.05) is 29.8 Å². The summed E-state index contributed by atoms with van der Waals surface area (Å²) in [5.41, 5.74) is 3.44. The van der Waals surface area contributed by atoms with Gasteiger partial charge in [-0.15, -0.1) is 31.6 Å². The Bertz CT molecular complexity index is 2010. The zero-order chi connectivity index (χ0) is 36.9. The average Bonchev–Trinajstić information content (AvgIpc) is 3.79. The lowest BCUT2D eigenvalue weighted by Crippen LogP contribution is -2.14. The summed E-state index contributed by atoms with van der Waals surface area (Å²) in [6, 6.07) is 23.4. The minimum atomic E-state index is -0.874. The molecular weight excluding hydrogens is 692 g/mol. The highest BCUT2D eigenvalue weighted by Crippen LogP contribution is 2.23. The number of rotatable bonds is 18. The SMILES string of the molecule is CCCCc1ncc(C=C(Cc2cccs2)C(=O)Oc2ccc(CO[N+](=O)[O-])cc2)n1Cc1ccc(C(=O)Oc2ccc(CO[N+](=O)[O-])cc2)cc1. The molecule has 0 fully saturated rings. The summed E-state index contributed by atoms with van der Waals surface area (Å²) in [6.45, 7) is 2.09. The fourth-order valence-corrected chi connectivity index (χ4v) is 5.78. The molecule has 14 nitrogen and oxygen atoms in total. The van der Waals surface area contributed by atoms with E-state index in [-0.39, 0.29) is 24.7 Å². The predicted molar refractivity (Wildman–Crippen MR) is 189 cm³/mol. The lowest BCUT2D eigenvalue weighted by atomic mass is 10.1.